The van der Waals surface area contributed by atoms with Crippen molar-refractivity contribution in [3.05, 3.63) is 21.1 Å². The molecule has 1 aliphatic rings. The molecule has 2 rings (SSSR count). The van der Waals surface area contributed by atoms with Crippen LogP contribution in [0, 0.1) is 10.1 Å². The molecule has 112 valence electrons. The lowest BCUT2D eigenvalue weighted by Gasteiger charge is -2.28. The highest BCUT2D eigenvalue weighted by Gasteiger charge is 2.30. The van der Waals surface area contributed by atoms with E-state index in [-0.39, 0.29) is 18.3 Å². The molecule has 1 heterocycles. The van der Waals surface area contributed by atoms with Crippen LogP contribution < -0.4 is 4.90 Å². The molecule has 1 aliphatic carbocycles. The molecule has 0 aliphatic heterocycles. The number of thiophene rings is 1. The van der Waals surface area contributed by atoms with Crippen molar-refractivity contribution in [2.75, 3.05) is 18.1 Å². The molecule has 2 N–H and O–H groups in total. The van der Waals surface area contributed by atoms with Gasteiger partial charge < -0.3 is 15.1 Å². The minimum atomic E-state index is -0.716. The van der Waals surface area contributed by atoms with Crippen molar-refractivity contribution in [3.63, 3.8) is 0 Å². The Hall–Kier alpha value is -1.18. The molecule has 1 saturated carbocycles. The van der Waals surface area contributed by atoms with E-state index in [0.717, 1.165) is 25.7 Å². The first-order chi connectivity index (χ1) is 9.54. The molecule has 0 radical (unpaired) electrons. The van der Waals surface area contributed by atoms with Gasteiger partial charge in [0.15, 0.2) is 5.00 Å². The van der Waals surface area contributed by atoms with Gasteiger partial charge >= 0.3 is 5.69 Å². The van der Waals surface area contributed by atoms with Crippen molar-refractivity contribution in [3.8, 4) is 0 Å². The van der Waals surface area contributed by atoms with Crippen LogP contribution in [-0.2, 0) is 0 Å². The van der Waals surface area contributed by atoms with Gasteiger partial charge in [0.05, 0.1) is 17.6 Å². The van der Waals surface area contributed by atoms with E-state index < -0.39 is 11.0 Å². The zero-order valence-corrected chi connectivity index (χ0v) is 12.3. The first-order valence-electron chi connectivity index (χ1n) is 6.88. The predicted octanol–water partition coefficient (Wildman–Crippen LogP) is 2.45. The van der Waals surface area contributed by atoms with Crippen LogP contribution in [0.5, 0.6) is 0 Å². The minimum absolute atomic E-state index is 0.0322. The second-order valence-corrected chi connectivity index (χ2v) is 6.19. The highest BCUT2D eigenvalue weighted by Crippen LogP contribution is 2.42. The maximum atomic E-state index is 11.2. The fourth-order valence-electron chi connectivity index (χ4n) is 2.71. The fourth-order valence-corrected chi connectivity index (χ4v) is 3.87. The number of anilines is 1. The van der Waals surface area contributed by atoms with Crippen molar-refractivity contribution < 1.29 is 15.1 Å². The van der Waals surface area contributed by atoms with Crippen molar-refractivity contribution in [2.45, 2.75) is 44.8 Å². The monoisotopic (exact) mass is 300 g/mol. The Morgan fingerprint density at radius 2 is 2.20 bits per heavy atom. The van der Waals surface area contributed by atoms with Crippen molar-refractivity contribution in [1.29, 1.82) is 0 Å². The number of nitro groups is 1. The summed E-state index contributed by atoms with van der Waals surface area (Å²) in [5, 5.41) is 30.7. The SMILES string of the molecule is CC(O)c1cc([N+](=O)[O-])c(N(CCO)C2CCCC2)s1. The smallest absolute Gasteiger partial charge is 0.304 e. The summed E-state index contributed by atoms with van der Waals surface area (Å²) in [6.45, 7) is 1.96. The zero-order chi connectivity index (χ0) is 14.7. The van der Waals surface area contributed by atoms with Crippen LogP contribution in [0.15, 0.2) is 6.07 Å². The fraction of sp³-hybridized carbons (Fsp3) is 0.692. The number of aliphatic hydroxyl groups is 2. The van der Waals surface area contributed by atoms with E-state index in [1.54, 1.807) is 6.92 Å². The van der Waals surface area contributed by atoms with Crippen molar-refractivity contribution in [1.82, 2.24) is 0 Å². The highest BCUT2D eigenvalue weighted by atomic mass is 32.1. The molecule has 6 nitrogen and oxygen atoms in total. The summed E-state index contributed by atoms with van der Waals surface area (Å²) in [4.78, 5) is 13.4. The molecule has 0 aromatic carbocycles. The number of hydrogen-bond acceptors (Lipinski definition) is 6. The van der Waals surface area contributed by atoms with E-state index in [4.69, 9.17) is 0 Å². The zero-order valence-electron chi connectivity index (χ0n) is 11.5. The average molecular weight is 300 g/mol. The number of nitrogens with zero attached hydrogens (tertiary/aromatic N) is 2. The maximum Gasteiger partial charge on any atom is 0.304 e. The Balaban J connectivity index is 2.37. The first kappa shape index (κ1) is 15.2. The van der Waals surface area contributed by atoms with Crippen LogP contribution >= 0.6 is 11.3 Å². The van der Waals surface area contributed by atoms with Gasteiger partial charge in [-0.15, -0.1) is 11.3 Å². The summed E-state index contributed by atoms with van der Waals surface area (Å²) in [5.74, 6) is 0. The third kappa shape index (κ3) is 3.11. The van der Waals surface area contributed by atoms with Crippen LogP contribution in [0.3, 0.4) is 0 Å². The average Bonchev–Trinajstić information content (AvgIpc) is 3.05. The Morgan fingerprint density at radius 3 is 2.70 bits per heavy atom. The number of hydrogen-bond donors (Lipinski definition) is 2. The van der Waals surface area contributed by atoms with Gasteiger partial charge in [-0.1, -0.05) is 12.8 Å². The molecule has 0 saturated heterocycles. The third-order valence-electron chi connectivity index (χ3n) is 3.69. The molecule has 1 fully saturated rings. The molecule has 7 heteroatoms. The normalized spacial score (nSPS) is 17.4. The summed E-state index contributed by atoms with van der Waals surface area (Å²) in [6, 6.07) is 1.70. The Kier molecular flexibility index (Phi) is 4.95. The summed E-state index contributed by atoms with van der Waals surface area (Å²) >= 11 is 1.25. The van der Waals surface area contributed by atoms with Gasteiger partial charge in [-0.3, -0.25) is 10.1 Å². The van der Waals surface area contributed by atoms with Gasteiger partial charge in [0, 0.05) is 23.5 Å². The van der Waals surface area contributed by atoms with Crippen molar-refractivity contribution in [2.24, 2.45) is 0 Å². The molecule has 1 unspecified atom stereocenters. The van der Waals surface area contributed by atoms with E-state index in [1.165, 1.54) is 17.4 Å². The van der Waals surface area contributed by atoms with Crippen molar-refractivity contribution >= 4 is 22.0 Å². The second kappa shape index (κ2) is 6.51. The lowest BCUT2D eigenvalue weighted by Crippen LogP contribution is -2.35. The van der Waals surface area contributed by atoms with Gasteiger partial charge in [0.25, 0.3) is 0 Å². The molecule has 0 amide bonds. The molecule has 0 bridgehead atoms. The van der Waals surface area contributed by atoms with Gasteiger partial charge in [0.1, 0.15) is 0 Å². The van der Waals surface area contributed by atoms with E-state index >= 15 is 0 Å². The van der Waals surface area contributed by atoms with Crippen LogP contribution in [0.4, 0.5) is 10.7 Å². The first-order valence-corrected chi connectivity index (χ1v) is 7.70. The summed E-state index contributed by atoms with van der Waals surface area (Å²) in [5.41, 5.74) is 0.0336. The molecule has 20 heavy (non-hydrogen) atoms. The van der Waals surface area contributed by atoms with Gasteiger partial charge in [-0.2, -0.15) is 0 Å². The molecule has 0 spiro atoms. The number of rotatable bonds is 6. The van der Waals surface area contributed by atoms with Crippen LogP contribution in [0.1, 0.15) is 43.6 Å². The van der Waals surface area contributed by atoms with Crippen LogP contribution in [0.25, 0.3) is 0 Å². The minimum Gasteiger partial charge on any atom is -0.395 e. The Morgan fingerprint density at radius 1 is 1.55 bits per heavy atom. The van der Waals surface area contributed by atoms with Crippen LogP contribution in [0.2, 0.25) is 0 Å². The quantitative estimate of drug-likeness (QED) is 0.622. The van der Waals surface area contributed by atoms with Crippen LogP contribution in [-0.4, -0.2) is 34.3 Å². The molecular weight excluding hydrogens is 280 g/mol. The van der Waals surface area contributed by atoms with E-state index in [1.807, 2.05) is 4.90 Å². The largest absolute Gasteiger partial charge is 0.395 e. The number of aliphatic hydroxyl groups excluding tert-OH is 2. The summed E-state index contributed by atoms with van der Waals surface area (Å²) in [6.07, 6.45) is 3.52. The van der Waals surface area contributed by atoms with Gasteiger partial charge in [0.2, 0.25) is 0 Å². The highest BCUT2D eigenvalue weighted by molar-refractivity contribution is 7.16. The Bertz CT molecular complexity index is 469. The lowest BCUT2D eigenvalue weighted by atomic mass is 10.2. The lowest BCUT2D eigenvalue weighted by molar-refractivity contribution is -0.383. The van der Waals surface area contributed by atoms with E-state index in [2.05, 4.69) is 0 Å². The molecule has 1 aromatic rings. The predicted molar refractivity (Wildman–Crippen MR) is 78.3 cm³/mol. The Labute approximate surface area is 121 Å². The van der Waals surface area contributed by atoms with Gasteiger partial charge in [-0.25, -0.2) is 0 Å². The molecular formula is C13H20N2O4S. The van der Waals surface area contributed by atoms with Gasteiger partial charge in [-0.05, 0) is 19.8 Å². The van der Waals surface area contributed by atoms with E-state index in [9.17, 15) is 20.3 Å². The third-order valence-corrected chi connectivity index (χ3v) is 5.02. The topological polar surface area (TPSA) is 86.8 Å². The summed E-state index contributed by atoms with van der Waals surface area (Å²) < 4.78 is 0. The second-order valence-electron chi connectivity index (χ2n) is 5.13. The molecule has 1 atom stereocenters. The molecule has 1 aromatic heterocycles. The summed E-state index contributed by atoms with van der Waals surface area (Å²) in [7, 11) is 0. The van der Waals surface area contributed by atoms with E-state index in [0.29, 0.717) is 16.4 Å². The maximum absolute atomic E-state index is 11.2. The standard InChI is InChI=1S/C13H20N2O4S/c1-9(17)12-8-11(15(18)19)13(20-12)14(6-7-16)10-4-2-3-5-10/h8-10,16-17H,2-7H2,1H3.